The molecule has 0 radical (unpaired) electrons. The van der Waals surface area contributed by atoms with E-state index in [9.17, 15) is 0 Å². The molecule has 0 bridgehead atoms. The van der Waals surface area contributed by atoms with Gasteiger partial charge in [-0.15, -0.1) is 0 Å². The molecule has 0 aliphatic carbocycles. The van der Waals surface area contributed by atoms with Crippen molar-refractivity contribution in [3.63, 3.8) is 0 Å². The second kappa shape index (κ2) is 5.54. The van der Waals surface area contributed by atoms with Crippen LogP contribution < -0.4 is 11.1 Å². The summed E-state index contributed by atoms with van der Waals surface area (Å²) in [6, 6.07) is 2.35. The van der Waals surface area contributed by atoms with E-state index in [1.165, 1.54) is 0 Å². The first kappa shape index (κ1) is 10.9. The fraction of sp³-hybridized carbons (Fsp3) is 0.600. The SMILES string of the molecule is Cc1cc(NC(C)CCCN)ncn1. The van der Waals surface area contributed by atoms with Crippen LogP contribution in [0, 0.1) is 6.92 Å². The largest absolute Gasteiger partial charge is 0.368 e. The van der Waals surface area contributed by atoms with Crippen LogP contribution in [-0.2, 0) is 0 Å². The predicted octanol–water partition coefficient (Wildman–Crippen LogP) is 1.32. The van der Waals surface area contributed by atoms with Gasteiger partial charge in [-0.2, -0.15) is 0 Å². The van der Waals surface area contributed by atoms with Gasteiger partial charge in [-0.1, -0.05) is 0 Å². The first-order valence-corrected chi connectivity index (χ1v) is 4.97. The summed E-state index contributed by atoms with van der Waals surface area (Å²) >= 11 is 0. The number of nitrogens with one attached hydrogen (secondary N) is 1. The van der Waals surface area contributed by atoms with Gasteiger partial charge in [0.25, 0.3) is 0 Å². The number of aryl methyl sites for hydroxylation is 1. The standard InChI is InChI=1S/C10H18N4/c1-8(4-3-5-11)14-10-6-9(2)12-7-13-10/h6-8H,3-5,11H2,1-2H3,(H,12,13,14). The molecule has 1 rings (SSSR count). The maximum Gasteiger partial charge on any atom is 0.129 e. The molecule has 0 saturated carbocycles. The van der Waals surface area contributed by atoms with Crippen LogP contribution in [0.3, 0.4) is 0 Å². The molecule has 1 unspecified atom stereocenters. The minimum Gasteiger partial charge on any atom is -0.368 e. The molecule has 14 heavy (non-hydrogen) atoms. The number of hydrogen-bond donors (Lipinski definition) is 2. The summed E-state index contributed by atoms with van der Waals surface area (Å²) in [6.45, 7) is 4.83. The van der Waals surface area contributed by atoms with Crippen molar-refractivity contribution in [1.82, 2.24) is 9.97 Å². The van der Waals surface area contributed by atoms with Gasteiger partial charge in [0, 0.05) is 17.8 Å². The number of nitrogens with zero attached hydrogens (tertiary/aromatic N) is 2. The first-order chi connectivity index (χ1) is 6.72. The van der Waals surface area contributed by atoms with Crippen molar-refractivity contribution in [2.75, 3.05) is 11.9 Å². The van der Waals surface area contributed by atoms with Gasteiger partial charge in [0.1, 0.15) is 12.1 Å². The fourth-order valence-electron chi connectivity index (χ4n) is 1.28. The van der Waals surface area contributed by atoms with Crippen LogP contribution in [0.25, 0.3) is 0 Å². The molecule has 1 atom stereocenters. The van der Waals surface area contributed by atoms with Gasteiger partial charge >= 0.3 is 0 Å². The van der Waals surface area contributed by atoms with Crippen LogP contribution in [0.5, 0.6) is 0 Å². The molecule has 0 spiro atoms. The summed E-state index contributed by atoms with van der Waals surface area (Å²) in [5.41, 5.74) is 6.42. The number of rotatable bonds is 5. The van der Waals surface area contributed by atoms with Crippen LogP contribution >= 0.6 is 0 Å². The summed E-state index contributed by atoms with van der Waals surface area (Å²) in [4.78, 5) is 8.17. The lowest BCUT2D eigenvalue weighted by Gasteiger charge is -2.13. The molecular weight excluding hydrogens is 176 g/mol. The monoisotopic (exact) mass is 194 g/mol. The van der Waals surface area contributed by atoms with Gasteiger partial charge in [-0.25, -0.2) is 9.97 Å². The molecule has 1 aromatic rings. The van der Waals surface area contributed by atoms with Crippen molar-refractivity contribution in [2.24, 2.45) is 5.73 Å². The Hall–Kier alpha value is -1.16. The maximum atomic E-state index is 5.44. The van der Waals surface area contributed by atoms with E-state index in [0.29, 0.717) is 6.04 Å². The molecule has 1 heterocycles. The zero-order valence-corrected chi connectivity index (χ0v) is 8.83. The van der Waals surface area contributed by atoms with Gasteiger partial charge < -0.3 is 11.1 Å². The van der Waals surface area contributed by atoms with E-state index in [0.717, 1.165) is 30.9 Å². The molecule has 3 N–H and O–H groups in total. The second-order valence-corrected chi connectivity index (χ2v) is 3.52. The molecule has 0 saturated heterocycles. The van der Waals surface area contributed by atoms with E-state index in [1.807, 2.05) is 13.0 Å². The van der Waals surface area contributed by atoms with Gasteiger partial charge in [0.05, 0.1) is 0 Å². The Morgan fingerprint density at radius 3 is 2.93 bits per heavy atom. The van der Waals surface area contributed by atoms with Crippen molar-refractivity contribution in [3.8, 4) is 0 Å². The average Bonchev–Trinajstić information content (AvgIpc) is 2.15. The molecule has 0 aliphatic heterocycles. The molecule has 4 heteroatoms. The molecule has 0 amide bonds. The Balaban J connectivity index is 2.43. The fourth-order valence-corrected chi connectivity index (χ4v) is 1.28. The van der Waals surface area contributed by atoms with E-state index in [2.05, 4.69) is 22.2 Å². The van der Waals surface area contributed by atoms with E-state index in [-0.39, 0.29) is 0 Å². The number of aromatic nitrogens is 2. The smallest absolute Gasteiger partial charge is 0.129 e. The van der Waals surface area contributed by atoms with Gasteiger partial charge in [0.15, 0.2) is 0 Å². The Morgan fingerprint density at radius 1 is 1.50 bits per heavy atom. The number of anilines is 1. The van der Waals surface area contributed by atoms with Crippen molar-refractivity contribution in [1.29, 1.82) is 0 Å². The number of nitrogens with two attached hydrogens (primary N) is 1. The summed E-state index contributed by atoms with van der Waals surface area (Å²) in [5, 5.41) is 3.31. The molecular formula is C10H18N4. The summed E-state index contributed by atoms with van der Waals surface area (Å²) < 4.78 is 0. The van der Waals surface area contributed by atoms with Crippen molar-refractivity contribution in [2.45, 2.75) is 32.7 Å². The Bertz CT molecular complexity index is 275. The second-order valence-electron chi connectivity index (χ2n) is 3.52. The summed E-state index contributed by atoms with van der Waals surface area (Å²) in [6.07, 6.45) is 3.69. The van der Waals surface area contributed by atoms with Gasteiger partial charge in [-0.3, -0.25) is 0 Å². The van der Waals surface area contributed by atoms with Crippen LogP contribution in [0.1, 0.15) is 25.5 Å². The molecule has 78 valence electrons. The molecule has 1 aromatic heterocycles. The van der Waals surface area contributed by atoms with E-state index < -0.39 is 0 Å². The van der Waals surface area contributed by atoms with E-state index >= 15 is 0 Å². The van der Waals surface area contributed by atoms with Crippen LogP contribution in [0.15, 0.2) is 12.4 Å². The van der Waals surface area contributed by atoms with E-state index in [1.54, 1.807) is 6.33 Å². The number of hydrogen-bond acceptors (Lipinski definition) is 4. The lowest BCUT2D eigenvalue weighted by molar-refractivity contribution is 0.660. The van der Waals surface area contributed by atoms with E-state index in [4.69, 9.17) is 5.73 Å². The van der Waals surface area contributed by atoms with Crippen molar-refractivity contribution in [3.05, 3.63) is 18.1 Å². The van der Waals surface area contributed by atoms with Gasteiger partial charge in [0.2, 0.25) is 0 Å². The lowest BCUT2D eigenvalue weighted by atomic mass is 10.2. The van der Waals surface area contributed by atoms with Crippen LogP contribution in [0.2, 0.25) is 0 Å². The van der Waals surface area contributed by atoms with Crippen molar-refractivity contribution >= 4 is 5.82 Å². The third-order valence-corrected chi connectivity index (χ3v) is 2.04. The van der Waals surface area contributed by atoms with Crippen LogP contribution in [0.4, 0.5) is 5.82 Å². The quantitative estimate of drug-likeness (QED) is 0.742. The minimum atomic E-state index is 0.410. The Kier molecular flexibility index (Phi) is 4.32. The van der Waals surface area contributed by atoms with Crippen LogP contribution in [-0.4, -0.2) is 22.6 Å². The molecule has 0 aromatic carbocycles. The predicted molar refractivity (Wildman–Crippen MR) is 58.1 cm³/mol. The highest BCUT2D eigenvalue weighted by Gasteiger charge is 2.02. The normalized spacial score (nSPS) is 12.5. The highest BCUT2D eigenvalue weighted by atomic mass is 15.0. The third-order valence-electron chi connectivity index (χ3n) is 2.04. The molecule has 0 aliphatic rings. The zero-order valence-electron chi connectivity index (χ0n) is 8.83. The lowest BCUT2D eigenvalue weighted by Crippen LogP contribution is -2.17. The highest BCUT2D eigenvalue weighted by molar-refractivity contribution is 5.35. The Morgan fingerprint density at radius 2 is 2.29 bits per heavy atom. The highest BCUT2D eigenvalue weighted by Crippen LogP contribution is 2.07. The summed E-state index contributed by atoms with van der Waals surface area (Å²) in [5.74, 6) is 0.891. The maximum absolute atomic E-state index is 5.44. The Labute approximate surface area is 85.0 Å². The van der Waals surface area contributed by atoms with Crippen molar-refractivity contribution < 1.29 is 0 Å². The third kappa shape index (κ3) is 3.70. The molecule has 4 nitrogen and oxygen atoms in total. The van der Waals surface area contributed by atoms with Gasteiger partial charge in [-0.05, 0) is 33.2 Å². The first-order valence-electron chi connectivity index (χ1n) is 4.97. The zero-order chi connectivity index (χ0) is 10.4. The average molecular weight is 194 g/mol. The molecule has 0 fully saturated rings. The minimum absolute atomic E-state index is 0.410. The topological polar surface area (TPSA) is 63.8 Å². The summed E-state index contributed by atoms with van der Waals surface area (Å²) in [7, 11) is 0.